The molecule has 4 rings (SSSR count). The summed E-state index contributed by atoms with van der Waals surface area (Å²) in [5.74, 6) is -0.272. The highest BCUT2D eigenvalue weighted by molar-refractivity contribution is 7.92. The SMILES string of the molecule is CC(C)(C)OC(=O)N1CC[C@](CC(=O)NOC2CCCCO2)(c2ccc(-c3ccco3)s2)S(=O)(=O)CC1. The van der Waals surface area contributed by atoms with Crippen molar-refractivity contribution in [1.29, 1.82) is 0 Å². The average molecular weight is 555 g/mol. The van der Waals surface area contributed by atoms with E-state index in [0.717, 1.165) is 17.7 Å². The Kier molecular flexibility index (Phi) is 8.32. The van der Waals surface area contributed by atoms with Gasteiger partial charge in [0, 0.05) is 31.0 Å². The summed E-state index contributed by atoms with van der Waals surface area (Å²) in [4.78, 5) is 34.0. The number of hydroxylamine groups is 1. The average Bonchev–Trinajstić information content (AvgIpc) is 3.51. The van der Waals surface area contributed by atoms with Crippen molar-refractivity contribution in [3.05, 3.63) is 35.4 Å². The van der Waals surface area contributed by atoms with Gasteiger partial charge in [0.25, 0.3) is 0 Å². The summed E-state index contributed by atoms with van der Waals surface area (Å²) in [7, 11) is -3.90. The van der Waals surface area contributed by atoms with Crippen LogP contribution >= 0.6 is 11.3 Å². The molecule has 204 valence electrons. The number of ether oxygens (including phenoxy) is 2. The van der Waals surface area contributed by atoms with Crippen molar-refractivity contribution in [1.82, 2.24) is 10.4 Å². The minimum atomic E-state index is -3.90. The number of carbonyl (C=O) groups is 2. The number of nitrogens with one attached hydrogen (secondary N) is 1. The Bertz CT molecular complexity index is 1180. The maximum atomic E-state index is 13.9. The number of hydrogen-bond acceptors (Lipinski definition) is 9. The molecule has 4 heterocycles. The molecule has 2 saturated heterocycles. The molecular weight excluding hydrogens is 520 g/mol. The molecule has 0 bridgehead atoms. The highest BCUT2D eigenvalue weighted by Crippen LogP contribution is 2.45. The van der Waals surface area contributed by atoms with Crippen molar-refractivity contribution in [2.75, 3.05) is 25.4 Å². The summed E-state index contributed by atoms with van der Waals surface area (Å²) in [6, 6.07) is 7.06. The third-order valence-corrected chi connectivity index (χ3v) is 10.3. The molecule has 0 spiro atoms. The van der Waals surface area contributed by atoms with Gasteiger partial charge in [-0.3, -0.25) is 4.79 Å². The smallest absolute Gasteiger partial charge is 0.410 e. The maximum absolute atomic E-state index is 13.9. The van der Waals surface area contributed by atoms with Gasteiger partial charge in [0.1, 0.15) is 16.1 Å². The van der Waals surface area contributed by atoms with Gasteiger partial charge in [0.15, 0.2) is 16.1 Å². The van der Waals surface area contributed by atoms with Crippen LogP contribution in [0, 0.1) is 0 Å². The molecule has 2 aliphatic rings. The van der Waals surface area contributed by atoms with E-state index in [1.165, 1.54) is 16.2 Å². The van der Waals surface area contributed by atoms with Crippen LogP contribution in [0.5, 0.6) is 0 Å². The van der Waals surface area contributed by atoms with Crippen LogP contribution in [0.3, 0.4) is 0 Å². The third-order valence-electron chi connectivity index (χ3n) is 6.37. The van der Waals surface area contributed by atoms with Crippen molar-refractivity contribution >= 4 is 33.2 Å². The quantitative estimate of drug-likeness (QED) is 0.526. The number of sulfone groups is 1. The normalized spacial score (nSPS) is 24.3. The number of rotatable bonds is 6. The van der Waals surface area contributed by atoms with Crippen LogP contribution in [0.2, 0.25) is 0 Å². The predicted molar refractivity (Wildman–Crippen MR) is 137 cm³/mol. The van der Waals surface area contributed by atoms with Gasteiger partial charge in [-0.25, -0.2) is 23.5 Å². The highest BCUT2D eigenvalue weighted by atomic mass is 32.2. The lowest BCUT2D eigenvalue weighted by Crippen LogP contribution is -2.43. The molecule has 1 unspecified atom stereocenters. The summed E-state index contributed by atoms with van der Waals surface area (Å²) >= 11 is 1.26. The Morgan fingerprint density at radius 2 is 2.03 bits per heavy atom. The molecule has 2 atom stereocenters. The molecule has 1 N–H and O–H groups in total. The first-order chi connectivity index (χ1) is 17.5. The molecule has 12 heteroatoms. The van der Waals surface area contributed by atoms with Gasteiger partial charge in [-0.05, 0) is 64.3 Å². The fourth-order valence-corrected chi connectivity index (χ4v) is 8.02. The van der Waals surface area contributed by atoms with Crippen LogP contribution in [0.15, 0.2) is 34.9 Å². The molecule has 37 heavy (non-hydrogen) atoms. The molecule has 0 aliphatic carbocycles. The van der Waals surface area contributed by atoms with E-state index in [9.17, 15) is 18.0 Å². The van der Waals surface area contributed by atoms with Crippen molar-refractivity contribution < 1.29 is 36.7 Å². The van der Waals surface area contributed by atoms with Crippen LogP contribution in [-0.2, 0) is 33.7 Å². The molecule has 2 fully saturated rings. The van der Waals surface area contributed by atoms with E-state index in [4.69, 9.17) is 18.7 Å². The number of thiophene rings is 1. The van der Waals surface area contributed by atoms with Gasteiger partial charge in [-0.15, -0.1) is 11.3 Å². The second-order valence-electron chi connectivity index (χ2n) is 10.3. The van der Waals surface area contributed by atoms with Gasteiger partial charge in [0.05, 0.1) is 23.3 Å². The van der Waals surface area contributed by atoms with E-state index in [0.29, 0.717) is 23.7 Å². The first-order valence-corrected chi connectivity index (χ1v) is 14.9. The molecule has 2 aliphatic heterocycles. The lowest BCUT2D eigenvalue weighted by atomic mass is 9.97. The van der Waals surface area contributed by atoms with Gasteiger partial charge in [-0.1, -0.05) is 0 Å². The Labute approximate surface area is 221 Å². The summed E-state index contributed by atoms with van der Waals surface area (Å²) in [5.41, 5.74) is 1.69. The Morgan fingerprint density at radius 1 is 1.22 bits per heavy atom. The Hall–Kier alpha value is -2.41. The van der Waals surface area contributed by atoms with E-state index < -0.39 is 38.5 Å². The van der Waals surface area contributed by atoms with Crippen LogP contribution in [-0.4, -0.2) is 62.7 Å². The zero-order valence-electron chi connectivity index (χ0n) is 21.4. The molecule has 2 aromatic heterocycles. The number of nitrogens with zero attached hydrogens (tertiary/aromatic N) is 1. The topological polar surface area (TPSA) is 124 Å². The monoisotopic (exact) mass is 554 g/mol. The predicted octanol–water partition coefficient (Wildman–Crippen LogP) is 4.22. The second kappa shape index (κ2) is 11.1. The van der Waals surface area contributed by atoms with Crippen molar-refractivity contribution in [3.63, 3.8) is 0 Å². The van der Waals surface area contributed by atoms with Gasteiger partial charge in [0.2, 0.25) is 5.91 Å². The first kappa shape index (κ1) is 27.6. The van der Waals surface area contributed by atoms with Crippen LogP contribution < -0.4 is 5.48 Å². The second-order valence-corrected chi connectivity index (χ2v) is 13.8. The molecule has 0 radical (unpaired) electrons. The van der Waals surface area contributed by atoms with Crippen molar-refractivity contribution in [2.24, 2.45) is 0 Å². The van der Waals surface area contributed by atoms with Crippen molar-refractivity contribution in [2.45, 2.75) is 69.5 Å². The molecule has 2 aromatic rings. The van der Waals surface area contributed by atoms with E-state index >= 15 is 0 Å². The van der Waals surface area contributed by atoms with Crippen LogP contribution in [0.4, 0.5) is 4.79 Å². The zero-order valence-corrected chi connectivity index (χ0v) is 23.0. The largest absolute Gasteiger partial charge is 0.464 e. The fraction of sp³-hybridized carbons (Fsp3) is 0.600. The maximum Gasteiger partial charge on any atom is 0.410 e. The molecule has 10 nitrogen and oxygen atoms in total. The number of furan rings is 1. The van der Waals surface area contributed by atoms with E-state index in [1.54, 1.807) is 51.3 Å². The minimum absolute atomic E-state index is 0.0244. The zero-order chi connectivity index (χ0) is 26.7. The van der Waals surface area contributed by atoms with Crippen LogP contribution in [0.1, 0.15) is 57.8 Å². The van der Waals surface area contributed by atoms with E-state index in [-0.39, 0.29) is 31.7 Å². The Morgan fingerprint density at radius 3 is 2.70 bits per heavy atom. The lowest BCUT2D eigenvalue weighted by Gasteiger charge is -2.31. The molecule has 0 saturated carbocycles. The van der Waals surface area contributed by atoms with Gasteiger partial charge < -0.3 is 18.8 Å². The summed E-state index contributed by atoms with van der Waals surface area (Å²) < 4.78 is 42.7. The molecule has 2 amide bonds. The summed E-state index contributed by atoms with van der Waals surface area (Å²) in [5, 5.41) is 0. The lowest BCUT2D eigenvalue weighted by molar-refractivity contribution is -0.200. The highest BCUT2D eigenvalue weighted by Gasteiger charge is 2.50. The van der Waals surface area contributed by atoms with E-state index in [2.05, 4.69) is 5.48 Å². The number of carbonyl (C=O) groups excluding carboxylic acids is 2. The first-order valence-electron chi connectivity index (χ1n) is 12.4. The molecular formula is C25H34N2O8S2. The van der Waals surface area contributed by atoms with E-state index in [1.807, 2.05) is 0 Å². The summed E-state index contributed by atoms with van der Waals surface area (Å²) in [6.07, 6.45) is 2.57. The van der Waals surface area contributed by atoms with Gasteiger partial charge >= 0.3 is 6.09 Å². The van der Waals surface area contributed by atoms with Crippen molar-refractivity contribution in [3.8, 4) is 10.6 Å². The molecule has 0 aromatic carbocycles. The summed E-state index contributed by atoms with van der Waals surface area (Å²) in [6.45, 7) is 5.90. The van der Waals surface area contributed by atoms with Gasteiger partial charge in [-0.2, -0.15) is 0 Å². The standard InChI is InChI=1S/C25H34N2O8S2/c1-24(2,3)34-23(29)27-12-11-25(37(30,31)16-13-27,17-21(28)26-35-22-8-4-5-14-33-22)20-10-9-19(36-20)18-7-6-15-32-18/h6-7,9-10,15,22H,4-5,8,11-14,16-17H2,1-3H3,(H,26,28)/t22?,25-/m0/s1. The van der Waals surface area contributed by atoms with Crippen LogP contribution in [0.25, 0.3) is 10.6 Å². The fourth-order valence-electron chi connectivity index (χ4n) is 4.44. The number of amides is 2. The Balaban J connectivity index is 1.61. The number of hydrogen-bond donors (Lipinski definition) is 1. The third kappa shape index (κ3) is 6.54. The minimum Gasteiger partial charge on any atom is -0.464 e.